The predicted octanol–water partition coefficient (Wildman–Crippen LogP) is 0.926. The standard InChI is InChI=1S/C9H18N4O2S2/c1-9(2,3)7-12-8(16-13-7)11-5-4-6-17(10,14)15/h4-6H2,1-3H3,(H2,10,14,15)(H,11,12,13). The normalized spacial score (nSPS) is 12.7. The molecule has 98 valence electrons. The van der Waals surface area contributed by atoms with Crippen LogP contribution in [0.5, 0.6) is 0 Å². The number of rotatable bonds is 5. The summed E-state index contributed by atoms with van der Waals surface area (Å²) in [5, 5.41) is 8.64. The number of nitrogens with zero attached hydrogens (tertiary/aromatic N) is 2. The molecule has 3 N–H and O–H groups in total. The molecule has 0 aliphatic heterocycles. The van der Waals surface area contributed by atoms with E-state index in [4.69, 9.17) is 5.14 Å². The molecule has 1 heterocycles. The molecular formula is C9H18N4O2S2. The zero-order valence-corrected chi connectivity index (χ0v) is 11.9. The maximum atomic E-state index is 10.7. The third kappa shape index (κ3) is 5.42. The predicted molar refractivity (Wildman–Crippen MR) is 69.7 cm³/mol. The maximum absolute atomic E-state index is 10.7. The fraction of sp³-hybridized carbons (Fsp3) is 0.778. The summed E-state index contributed by atoms with van der Waals surface area (Å²) in [6.07, 6.45) is 0.462. The van der Waals surface area contributed by atoms with Crippen molar-refractivity contribution in [2.45, 2.75) is 32.6 Å². The molecule has 0 atom stereocenters. The number of sulfonamides is 1. The highest BCUT2D eigenvalue weighted by Gasteiger charge is 2.19. The first-order valence-corrected chi connectivity index (χ1v) is 7.76. The lowest BCUT2D eigenvalue weighted by Gasteiger charge is -2.12. The molecule has 0 aliphatic rings. The minimum atomic E-state index is -3.37. The Labute approximate surface area is 106 Å². The van der Waals surface area contributed by atoms with Crippen LogP contribution in [0.15, 0.2) is 0 Å². The highest BCUT2D eigenvalue weighted by Crippen LogP contribution is 2.22. The average Bonchev–Trinajstić information content (AvgIpc) is 2.58. The van der Waals surface area contributed by atoms with Gasteiger partial charge in [0.15, 0.2) is 0 Å². The van der Waals surface area contributed by atoms with E-state index >= 15 is 0 Å². The van der Waals surface area contributed by atoms with E-state index < -0.39 is 10.0 Å². The minimum absolute atomic E-state index is 0.0229. The summed E-state index contributed by atoms with van der Waals surface area (Å²) in [7, 11) is -3.37. The van der Waals surface area contributed by atoms with Gasteiger partial charge in [0.1, 0.15) is 5.82 Å². The number of aromatic nitrogens is 2. The van der Waals surface area contributed by atoms with Crippen LogP contribution in [0, 0.1) is 0 Å². The lowest BCUT2D eigenvalue weighted by molar-refractivity contribution is 0.555. The summed E-state index contributed by atoms with van der Waals surface area (Å²) < 4.78 is 25.6. The van der Waals surface area contributed by atoms with Crippen LogP contribution in [0.2, 0.25) is 0 Å². The number of hydrogen-bond donors (Lipinski definition) is 2. The molecule has 1 aromatic heterocycles. The average molecular weight is 278 g/mol. The smallest absolute Gasteiger partial charge is 0.209 e. The summed E-state index contributed by atoms with van der Waals surface area (Å²) in [4.78, 5) is 4.33. The first kappa shape index (κ1) is 14.3. The Morgan fingerprint density at radius 1 is 1.41 bits per heavy atom. The topological polar surface area (TPSA) is 98.0 Å². The van der Waals surface area contributed by atoms with Crippen molar-refractivity contribution >= 4 is 26.7 Å². The van der Waals surface area contributed by atoms with Crippen molar-refractivity contribution in [3.63, 3.8) is 0 Å². The number of nitrogens with one attached hydrogen (secondary N) is 1. The minimum Gasteiger partial charge on any atom is -0.360 e. The van der Waals surface area contributed by atoms with Crippen LogP contribution in [-0.2, 0) is 15.4 Å². The molecular weight excluding hydrogens is 260 g/mol. The molecule has 1 aromatic rings. The van der Waals surface area contributed by atoms with Crippen LogP contribution < -0.4 is 10.5 Å². The number of primary sulfonamides is 1. The van der Waals surface area contributed by atoms with Crippen LogP contribution in [0.25, 0.3) is 0 Å². The van der Waals surface area contributed by atoms with E-state index in [1.165, 1.54) is 11.5 Å². The van der Waals surface area contributed by atoms with Crippen molar-refractivity contribution in [2.24, 2.45) is 5.14 Å². The highest BCUT2D eigenvalue weighted by molar-refractivity contribution is 7.89. The van der Waals surface area contributed by atoms with Gasteiger partial charge in [-0.15, -0.1) is 0 Å². The van der Waals surface area contributed by atoms with Gasteiger partial charge in [-0.1, -0.05) is 20.8 Å². The van der Waals surface area contributed by atoms with Crippen LogP contribution in [0.1, 0.15) is 33.0 Å². The van der Waals surface area contributed by atoms with Crippen molar-refractivity contribution < 1.29 is 8.42 Å². The van der Waals surface area contributed by atoms with Gasteiger partial charge in [0.05, 0.1) is 5.75 Å². The Morgan fingerprint density at radius 2 is 2.06 bits per heavy atom. The molecule has 0 radical (unpaired) electrons. The second kappa shape index (κ2) is 5.28. The molecule has 0 spiro atoms. The summed E-state index contributed by atoms with van der Waals surface area (Å²) in [5.74, 6) is 0.765. The first-order valence-electron chi connectivity index (χ1n) is 5.27. The molecule has 0 amide bonds. The second-order valence-electron chi connectivity index (χ2n) is 4.82. The quantitative estimate of drug-likeness (QED) is 0.781. The number of hydrogen-bond acceptors (Lipinski definition) is 6. The van der Waals surface area contributed by atoms with E-state index in [2.05, 4.69) is 14.7 Å². The Hall–Kier alpha value is -0.730. The highest BCUT2D eigenvalue weighted by atomic mass is 32.2. The third-order valence-corrected chi connectivity index (χ3v) is 3.51. The van der Waals surface area contributed by atoms with E-state index in [0.29, 0.717) is 18.1 Å². The van der Waals surface area contributed by atoms with Gasteiger partial charge in [-0.25, -0.2) is 18.5 Å². The molecule has 0 saturated heterocycles. The van der Waals surface area contributed by atoms with Crippen LogP contribution in [-0.4, -0.2) is 30.1 Å². The largest absolute Gasteiger partial charge is 0.360 e. The summed E-state index contributed by atoms with van der Waals surface area (Å²) in [6.45, 7) is 6.65. The summed E-state index contributed by atoms with van der Waals surface area (Å²) in [5.41, 5.74) is -0.0724. The van der Waals surface area contributed by atoms with Gasteiger partial charge in [0, 0.05) is 23.5 Å². The first-order chi connectivity index (χ1) is 7.68. The lowest BCUT2D eigenvalue weighted by atomic mass is 9.96. The van der Waals surface area contributed by atoms with Crippen molar-refractivity contribution in [3.05, 3.63) is 5.82 Å². The van der Waals surface area contributed by atoms with Gasteiger partial charge >= 0.3 is 0 Å². The van der Waals surface area contributed by atoms with E-state index in [1.54, 1.807) is 0 Å². The summed E-state index contributed by atoms with van der Waals surface area (Å²) in [6, 6.07) is 0. The zero-order valence-electron chi connectivity index (χ0n) is 10.2. The molecule has 0 fully saturated rings. The Kier molecular flexibility index (Phi) is 4.45. The molecule has 0 saturated carbocycles. The van der Waals surface area contributed by atoms with Crippen molar-refractivity contribution in [1.29, 1.82) is 0 Å². The van der Waals surface area contributed by atoms with Gasteiger partial charge in [-0.05, 0) is 6.42 Å². The van der Waals surface area contributed by atoms with E-state index in [1.807, 2.05) is 20.8 Å². The third-order valence-electron chi connectivity index (χ3n) is 1.98. The number of nitrogens with two attached hydrogens (primary N) is 1. The monoisotopic (exact) mass is 278 g/mol. The van der Waals surface area contributed by atoms with Crippen LogP contribution >= 0.6 is 11.5 Å². The van der Waals surface area contributed by atoms with E-state index in [9.17, 15) is 8.42 Å². The molecule has 1 rings (SSSR count). The fourth-order valence-corrected chi connectivity index (χ4v) is 2.40. The van der Waals surface area contributed by atoms with Crippen molar-refractivity contribution in [3.8, 4) is 0 Å². The van der Waals surface area contributed by atoms with Gasteiger partial charge < -0.3 is 5.32 Å². The lowest BCUT2D eigenvalue weighted by Crippen LogP contribution is -2.18. The van der Waals surface area contributed by atoms with E-state index in [-0.39, 0.29) is 11.2 Å². The molecule has 17 heavy (non-hydrogen) atoms. The molecule has 0 aliphatic carbocycles. The zero-order chi connectivity index (χ0) is 13.1. The SMILES string of the molecule is CC(C)(C)c1nsc(NCCCS(N)(=O)=O)n1. The second-order valence-corrected chi connectivity index (χ2v) is 7.31. The molecule has 0 unspecified atom stereocenters. The number of anilines is 1. The van der Waals surface area contributed by atoms with Crippen LogP contribution in [0.3, 0.4) is 0 Å². The molecule has 8 heteroatoms. The van der Waals surface area contributed by atoms with Gasteiger partial charge in [-0.2, -0.15) is 4.37 Å². The van der Waals surface area contributed by atoms with Gasteiger partial charge in [-0.3, -0.25) is 0 Å². The van der Waals surface area contributed by atoms with Crippen LogP contribution in [0.4, 0.5) is 5.13 Å². The van der Waals surface area contributed by atoms with Gasteiger partial charge in [0.25, 0.3) is 0 Å². The molecule has 0 aromatic carbocycles. The Bertz CT molecular complexity index is 462. The maximum Gasteiger partial charge on any atom is 0.209 e. The van der Waals surface area contributed by atoms with Crippen molar-refractivity contribution in [1.82, 2.24) is 9.36 Å². The Morgan fingerprint density at radius 3 is 2.53 bits per heavy atom. The fourth-order valence-electron chi connectivity index (χ4n) is 1.07. The van der Waals surface area contributed by atoms with E-state index in [0.717, 1.165) is 5.82 Å². The van der Waals surface area contributed by atoms with Gasteiger partial charge in [0.2, 0.25) is 15.2 Å². The Balaban J connectivity index is 2.41. The summed E-state index contributed by atoms with van der Waals surface area (Å²) >= 11 is 1.28. The molecule has 6 nitrogen and oxygen atoms in total. The molecule has 0 bridgehead atoms. The van der Waals surface area contributed by atoms with Crippen molar-refractivity contribution in [2.75, 3.05) is 17.6 Å².